The van der Waals surface area contributed by atoms with Crippen molar-refractivity contribution in [1.82, 2.24) is 5.32 Å². The fourth-order valence-electron chi connectivity index (χ4n) is 2.52. The van der Waals surface area contributed by atoms with E-state index in [1.165, 1.54) is 11.1 Å². The quantitative estimate of drug-likeness (QED) is 0.832. The van der Waals surface area contributed by atoms with Crippen LogP contribution in [-0.4, -0.2) is 13.2 Å². The molecule has 1 atom stereocenters. The smallest absolute Gasteiger partial charge is 0.124 e. The third-order valence-electron chi connectivity index (χ3n) is 3.49. The van der Waals surface area contributed by atoms with Gasteiger partial charge in [0.25, 0.3) is 0 Å². The molecule has 0 heterocycles. The molecule has 2 aromatic carbocycles. The lowest BCUT2D eigenvalue weighted by Crippen LogP contribution is -2.23. The van der Waals surface area contributed by atoms with E-state index in [-0.39, 0.29) is 6.04 Å². The Balaban J connectivity index is 2.50. The molecule has 0 amide bonds. The van der Waals surface area contributed by atoms with E-state index in [1.54, 1.807) is 0 Å². The monoisotopic (exact) mass is 303 g/mol. The maximum Gasteiger partial charge on any atom is 0.124 e. The van der Waals surface area contributed by atoms with Crippen molar-refractivity contribution in [3.8, 4) is 5.75 Å². The highest BCUT2D eigenvalue weighted by Gasteiger charge is 2.19. The van der Waals surface area contributed by atoms with E-state index < -0.39 is 0 Å². The Morgan fingerprint density at radius 3 is 2.57 bits per heavy atom. The summed E-state index contributed by atoms with van der Waals surface area (Å²) in [5.74, 6) is 0.922. The summed E-state index contributed by atoms with van der Waals surface area (Å²) >= 11 is 6.19. The highest BCUT2D eigenvalue weighted by molar-refractivity contribution is 6.30. The topological polar surface area (TPSA) is 21.3 Å². The zero-order valence-electron chi connectivity index (χ0n) is 12.8. The van der Waals surface area contributed by atoms with Gasteiger partial charge in [-0.2, -0.15) is 0 Å². The summed E-state index contributed by atoms with van der Waals surface area (Å²) in [6.45, 7) is 7.75. The van der Waals surface area contributed by atoms with Crippen molar-refractivity contribution in [2.24, 2.45) is 0 Å². The second-order valence-corrected chi connectivity index (χ2v) is 5.40. The van der Waals surface area contributed by atoms with Crippen molar-refractivity contribution in [2.45, 2.75) is 26.8 Å². The molecule has 2 rings (SSSR count). The molecule has 112 valence electrons. The summed E-state index contributed by atoms with van der Waals surface area (Å²) < 4.78 is 5.78. The fourth-order valence-corrected chi connectivity index (χ4v) is 2.70. The Morgan fingerprint density at radius 2 is 1.86 bits per heavy atom. The standard InChI is InChI=1S/C18H22ClNO/c1-4-20-18(16-12-14(19)11-10-13(16)3)15-8-6-7-9-17(15)21-5-2/h6-12,18,20H,4-5H2,1-3H3. The molecule has 0 saturated carbocycles. The van der Waals surface area contributed by atoms with Crippen molar-refractivity contribution in [1.29, 1.82) is 0 Å². The van der Waals surface area contributed by atoms with Crippen LogP contribution in [0.1, 0.15) is 36.6 Å². The van der Waals surface area contributed by atoms with E-state index in [4.69, 9.17) is 16.3 Å². The first kappa shape index (κ1) is 15.9. The Morgan fingerprint density at radius 1 is 1.10 bits per heavy atom. The third-order valence-corrected chi connectivity index (χ3v) is 3.73. The van der Waals surface area contributed by atoms with Crippen LogP contribution in [0.4, 0.5) is 0 Å². The lowest BCUT2D eigenvalue weighted by atomic mass is 9.94. The van der Waals surface area contributed by atoms with Crippen LogP contribution in [0.25, 0.3) is 0 Å². The molecule has 2 nitrogen and oxygen atoms in total. The van der Waals surface area contributed by atoms with Crippen LogP contribution in [0.3, 0.4) is 0 Å². The lowest BCUT2D eigenvalue weighted by molar-refractivity contribution is 0.333. The van der Waals surface area contributed by atoms with Crippen molar-refractivity contribution in [3.63, 3.8) is 0 Å². The van der Waals surface area contributed by atoms with Gasteiger partial charge in [-0.15, -0.1) is 0 Å². The van der Waals surface area contributed by atoms with Gasteiger partial charge in [-0.3, -0.25) is 0 Å². The number of benzene rings is 2. The first-order valence-electron chi connectivity index (χ1n) is 7.38. The number of hydrogen-bond donors (Lipinski definition) is 1. The minimum atomic E-state index is 0.0800. The average Bonchev–Trinajstić information content (AvgIpc) is 2.49. The molecule has 0 fully saturated rings. The van der Waals surface area contributed by atoms with Gasteiger partial charge in [0.15, 0.2) is 0 Å². The molecule has 21 heavy (non-hydrogen) atoms. The number of hydrogen-bond acceptors (Lipinski definition) is 2. The molecular formula is C18H22ClNO. The second kappa shape index (κ2) is 7.48. The summed E-state index contributed by atoms with van der Waals surface area (Å²) in [7, 11) is 0. The third kappa shape index (κ3) is 3.78. The molecule has 0 aliphatic carbocycles. The maximum atomic E-state index is 6.19. The molecule has 0 aromatic heterocycles. The van der Waals surface area contributed by atoms with Crippen molar-refractivity contribution in [2.75, 3.05) is 13.2 Å². The van der Waals surface area contributed by atoms with E-state index in [9.17, 15) is 0 Å². The maximum absolute atomic E-state index is 6.19. The number of halogens is 1. The first-order chi connectivity index (χ1) is 10.2. The molecule has 0 saturated heterocycles. The molecule has 0 aliphatic rings. The molecule has 1 unspecified atom stereocenters. The predicted molar refractivity (Wildman–Crippen MR) is 89.3 cm³/mol. The Kier molecular flexibility index (Phi) is 5.66. The van der Waals surface area contributed by atoms with E-state index >= 15 is 0 Å². The van der Waals surface area contributed by atoms with Gasteiger partial charge in [0.05, 0.1) is 12.6 Å². The van der Waals surface area contributed by atoms with Crippen LogP contribution in [0.15, 0.2) is 42.5 Å². The van der Waals surface area contributed by atoms with Crippen LogP contribution < -0.4 is 10.1 Å². The van der Waals surface area contributed by atoms with Gasteiger partial charge in [-0.1, -0.05) is 42.8 Å². The molecule has 0 spiro atoms. The molecule has 0 bridgehead atoms. The zero-order chi connectivity index (χ0) is 15.2. The molecule has 0 radical (unpaired) electrons. The van der Waals surface area contributed by atoms with Gasteiger partial charge in [-0.05, 0) is 49.7 Å². The van der Waals surface area contributed by atoms with Crippen LogP contribution in [0, 0.1) is 6.92 Å². The zero-order valence-corrected chi connectivity index (χ0v) is 13.6. The normalized spacial score (nSPS) is 12.2. The SMILES string of the molecule is CCNC(c1cc(Cl)ccc1C)c1ccccc1OCC. The highest BCUT2D eigenvalue weighted by atomic mass is 35.5. The number of rotatable bonds is 6. The van der Waals surface area contributed by atoms with Crippen molar-refractivity contribution in [3.05, 3.63) is 64.2 Å². The fraction of sp³-hybridized carbons (Fsp3) is 0.333. The summed E-state index contributed by atoms with van der Waals surface area (Å²) in [5.41, 5.74) is 3.56. The Hall–Kier alpha value is -1.51. The second-order valence-electron chi connectivity index (χ2n) is 4.96. The van der Waals surface area contributed by atoms with Crippen molar-refractivity contribution < 1.29 is 4.74 Å². The van der Waals surface area contributed by atoms with Gasteiger partial charge in [-0.25, -0.2) is 0 Å². The Bertz CT molecular complexity index is 598. The van der Waals surface area contributed by atoms with E-state index in [0.29, 0.717) is 6.61 Å². The lowest BCUT2D eigenvalue weighted by Gasteiger charge is -2.23. The summed E-state index contributed by atoms with van der Waals surface area (Å²) in [5, 5.41) is 4.30. The average molecular weight is 304 g/mol. The summed E-state index contributed by atoms with van der Waals surface area (Å²) in [6.07, 6.45) is 0. The first-order valence-corrected chi connectivity index (χ1v) is 7.76. The molecule has 0 aliphatic heterocycles. The van der Waals surface area contributed by atoms with Gasteiger partial charge < -0.3 is 10.1 Å². The van der Waals surface area contributed by atoms with Gasteiger partial charge in [0.1, 0.15) is 5.75 Å². The predicted octanol–water partition coefficient (Wildman–Crippen LogP) is 4.75. The van der Waals surface area contributed by atoms with E-state index in [2.05, 4.69) is 31.3 Å². The molecule has 1 N–H and O–H groups in total. The van der Waals surface area contributed by atoms with E-state index in [1.807, 2.05) is 37.3 Å². The molecule has 3 heteroatoms. The summed E-state index contributed by atoms with van der Waals surface area (Å²) in [4.78, 5) is 0. The van der Waals surface area contributed by atoms with Gasteiger partial charge >= 0.3 is 0 Å². The van der Waals surface area contributed by atoms with Crippen LogP contribution >= 0.6 is 11.6 Å². The minimum Gasteiger partial charge on any atom is -0.494 e. The van der Waals surface area contributed by atoms with E-state index in [0.717, 1.165) is 22.9 Å². The highest BCUT2D eigenvalue weighted by Crippen LogP contribution is 2.32. The van der Waals surface area contributed by atoms with Crippen molar-refractivity contribution >= 4 is 11.6 Å². The number of nitrogens with one attached hydrogen (secondary N) is 1. The van der Waals surface area contributed by atoms with Gasteiger partial charge in [0.2, 0.25) is 0 Å². The van der Waals surface area contributed by atoms with Crippen LogP contribution in [0.2, 0.25) is 5.02 Å². The minimum absolute atomic E-state index is 0.0800. The number of ether oxygens (including phenoxy) is 1. The molecule has 2 aromatic rings. The Labute approximate surface area is 132 Å². The van der Waals surface area contributed by atoms with Gasteiger partial charge in [0, 0.05) is 10.6 Å². The number of para-hydroxylation sites is 1. The van der Waals surface area contributed by atoms with Crippen LogP contribution in [-0.2, 0) is 0 Å². The van der Waals surface area contributed by atoms with Crippen LogP contribution in [0.5, 0.6) is 5.75 Å². The summed E-state index contributed by atoms with van der Waals surface area (Å²) in [6, 6.07) is 14.3. The number of aryl methyl sites for hydroxylation is 1. The molecular weight excluding hydrogens is 282 g/mol. The largest absolute Gasteiger partial charge is 0.494 e.